The summed E-state index contributed by atoms with van der Waals surface area (Å²) in [5, 5.41) is 3.01. The van der Waals surface area contributed by atoms with Gasteiger partial charge in [0.05, 0.1) is 4.90 Å². The summed E-state index contributed by atoms with van der Waals surface area (Å²) in [5.41, 5.74) is 2.79. The molecule has 4 rings (SSSR count). The van der Waals surface area contributed by atoms with Crippen LogP contribution in [0.3, 0.4) is 0 Å². The first-order valence-corrected chi connectivity index (χ1v) is 12.7. The average molecular weight is 458 g/mol. The minimum atomic E-state index is -3.41. The monoisotopic (exact) mass is 457 g/mol. The van der Waals surface area contributed by atoms with Gasteiger partial charge in [0.15, 0.2) is 0 Å². The molecule has 1 aromatic heterocycles. The summed E-state index contributed by atoms with van der Waals surface area (Å²) in [7, 11) is -3.41. The van der Waals surface area contributed by atoms with Crippen molar-refractivity contribution in [3.63, 3.8) is 0 Å². The molecule has 172 valence electrons. The number of amides is 1. The van der Waals surface area contributed by atoms with Crippen molar-refractivity contribution < 1.29 is 13.2 Å². The summed E-state index contributed by atoms with van der Waals surface area (Å²) in [6.45, 7) is 7.01. The van der Waals surface area contributed by atoms with Crippen LogP contribution in [0.2, 0.25) is 0 Å². The lowest BCUT2D eigenvalue weighted by atomic mass is 9.96. The Morgan fingerprint density at radius 2 is 1.59 bits per heavy atom. The molecule has 0 saturated carbocycles. The molecule has 0 unspecified atom stereocenters. The number of nitrogens with one attached hydrogen (secondary N) is 1. The Morgan fingerprint density at radius 3 is 2.19 bits per heavy atom. The fourth-order valence-corrected chi connectivity index (χ4v) is 5.90. The van der Waals surface area contributed by atoms with Gasteiger partial charge in [-0.05, 0) is 63.3 Å². The van der Waals surface area contributed by atoms with Crippen LogP contribution in [0.4, 0.5) is 5.95 Å². The zero-order valence-electron chi connectivity index (χ0n) is 18.7. The van der Waals surface area contributed by atoms with E-state index in [-0.39, 0.29) is 11.8 Å². The smallest absolute Gasteiger partial charge is 0.243 e. The van der Waals surface area contributed by atoms with Crippen molar-refractivity contribution >= 4 is 21.9 Å². The second-order valence-corrected chi connectivity index (χ2v) is 10.6. The normalized spacial score (nSPS) is 18.1. The van der Waals surface area contributed by atoms with Crippen molar-refractivity contribution in [2.75, 3.05) is 31.1 Å². The van der Waals surface area contributed by atoms with E-state index >= 15 is 0 Å². The number of carbonyl (C=O) groups is 1. The van der Waals surface area contributed by atoms with Gasteiger partial charge in [0.1, 0.15) is 0 Å². The van der Waals surface area contributed by atoms with Gasteiger partial charge in [-0.25, -0.2) is 18.4 Å². The van der Waals surface area contributed by atoms with Crippen LogP contribution < -0.4 is 10.2 Å². The number of benzene rings is 1. The van der Waals surface area contributed by atoms with E-state index in [1.807, 2.05) is 19.9 Å². The maximum Gasteiger partial charge on any atom is 0.243 e. The Labute approximate surface area is 190 Å². The fourth-order valence-electron chi connectivity index (χ4n) is 4.38. The summed E-state index contributed by atoms with van der Waals surface area (Å²) in [6, 6.07) is 8.79. The zero-order chi connectivity index (χ0) is 22.7. The van der Waals surface area contributed by atoms with Gasteiger partial charge in [0.25, 0.3) is 0 Å². The number of rotatable bonds is 6. The molecule has 2 aliphatic rings. The van der Waals surface area contributed by atoms with Crippen LogP contribution in [0, 0.1) is 19.8 Å². The second kappa shape index (κ2) is 9.54. The van der Waals surface area contributed by atoms with E-state index in [0.717, 1.165) is 61.7 Å². The van der Waals surface area contributed by atoms with Gasteiger partial charge in [-0.3, -0.25) is 4.79 Å². The summed E-state index contributed by atoms with van der Waals surface area (Å²) >= 11 is 0. The largest absolute Gasteiger partial charge is 0.352 e. The highest BCUT2D eigenvalue weighted by molar-refractivity contribution is 7.89. The van der Waals surface area contributed by atoms with E-state index in [4.69, 9.17) is 0 Å². The number of carbonyl (C=O) groups excluding carboxylic acids is 1. The van der Waals surface area contributed by atoms with E-state index in [0.29, 0.717) is 24.5 Å². The first-order valence-electron chi connectivity index (χ1n) is 11.3. The number of aryl methyl sites for hydroxylation is 2. The first-order chi connectivity index (χ1) is 15.3. The molecule has 0 spiro atoms. The van der Waals surface area contributed by atoms with Gasteiger partial charge in [-0.15, -0.1) is 0 Å². The SMILES string of the molecule is Cc1cc(C)nc(N2CCC(C(=O)NCc3ccc(S(=O)(=O)N4CCCC4)cc3)CC2)n1. The van der Waals surface area contributed by atoms with Gasteiger partial charge in [0, 0.05) is 50.0 Å². The number of hydrogen-bond acceptors (Lipinski definition) is 6. The predicted octanol–water partition coefficient (Wildman–Crippen LogP) is 2.41. The predicted molar refractivity (Wildman–Crippen MR) is 123 cm³/mol. The van der Waals surface area contributed by atoms with Crippen LogP contribution in [0.15, 0.2) is 35.2 Å². The first kappa shape index (κ1) is 22.7. The van der Waals surface area contributed by atoms with Gasteiger partial charge in [-0.2, -0.15) is 4.31 Å². The van der Waals surface area contributed by atoms with Gasteiger partial charge in [0.2, 0.25) is 21.9 Å². The van der Waals surface area contributed by atoms with Crippen LogP contribution in [0.25, 0.3) is 0 Å². The molecule has 1 aromatic carbocycles. The van der Waals surface area contributed by atoms with Crippen LogP contribution in [0.5, 0.6) is 0 Å². The maximum absolute atomic E-state index is 12.7. The van der Waals surface area contributed by atoms with Crippen LogP contribution >= 0.6 is 0 Å². The van der Waals surface area contributed by atoms with E-state index in [9.17, 15) is 13.2 Å². The van der Waals surface area contributed by atoms with Crippen LogP contribution in [-0.2, 0) is 21.4 Å². The molecule has 3 heterocycles. The third-order valence-electron chi connectivity index (χ3n) is 6.21. The van der Waals surface area contributed by atoms with Gasteiger partial charge < -0.3 is 10.2 Å². The molecule has 2 fully saturated rings. The summed E-state index contributed by atoms with van der Waals surface area (Å²) in [6.07, 6.45) is 3.35. The molecule has 2 aliphatic heterocycles. The topological polar surface area (TPSA) is 95.5 Å². The number of piperidine rings is 1. The van der Waals surface area contributed by atoms with Crippen LogP contribution in [0.1, 0.15) is 42.6 Å². The minimum absolute atomic E-state index is 0.0352. The van der Waals surface area contributed by atoms with Crippen LogP contribution in [-0.4, -0.2) is 54.8 Å². The lowest BCUT2D eigenvalue weighted by Crippen LogP contribution is -2.41. The molecule has 0 bridgehead atoms. The van der Waals surface area contributed by atoms with E-state index in [2.05, 4.69) is 20.2 Å². The van der Waals surface area contributed by atoms with Crippen molar-refractivity contribution in [1.29, 1.82) is 0 Å². The highest BCUT2D eigenvalue weighted by atomic mass is 32.2. The molecule has 0 radical (unpaired) electrons. The molecular weight excluding hydrogens is 426 g/mol. The molecule has 0 aliphatic carbocycles. The number of sulfonamides is 1. The number of nitrogens with zero attached hydrogens (tertiary/aromatic N) is 4. The Kier molecular flexibility index (Phi) is 6.76. The highest BCUT2D eigenvalue weighted by Gasteiger charge is 2.28. The number of anilines is 1. The Bertz CT molecular complexity index is 1040. The molecular formula is C23H31N5O3S. The molecule has 8 nitrogen and oxygen atoms in total. The van der Waals surface area contributed by atoms with Crippen molar-refractivity contribution in [2.24, 2.45) is 5.92 Å². The lowest BCUT2D eigenvalue weighted by Gasteiger charge is -2.31. The molecule has 32 heavy (non-hydrogen) atoms. The van der Waals surface area contributed by atoms with Crippen molar-refractivity contribution in [3.05, 3.63) is 47.3 Å². The van der Waals surface area contributed by atoms with Gasteiger partial charge in [-0.1, -0.05) is 12.1 Å². The third-order valence-corrected chi connectivity index (χ3v) is 8.12. The zero-order valence-corrected chi connectivity index (χ0v) is 19.6. The summed E-state index contributed by atoms with van der Waals surface area (Å²) in [4.78, 5) is 24.2. The van der Waals surface area contributed by atoms with Crippen molar-refractivity contribution in [1.82, 2.24) is 19.6 Å². The Balaban J connectivity index is 1.28. The fraction of sp³-hybridized carbons (Fsp3) is 0.522. The number of hydrogen-bond donors (Lipinski definition) is 1. The van der Waals surface area contributed by atoms with E-state index < -0.39 is 10.0 Å². The van der Waals surface area contributed by atoms with Crippen molar-refractivity contribution in [3.8, 4) is 0 Å². The van der Waals surface area contributed by atoms with Crippen molar-refractivity contribution in [2.45, 2.75) is 51.0 Å². The second-order valence-electron chi connectivity index (χ2n) is 8.68. The average Bonchev–Trinajstić information content (AvgIpc) is 3.33. The molecule has 2 aromatic rings. The Hall–Kier alpha value is -2.52. The Morgan fingerprint density at radius 1 is 1.00 bits per heavy atom. The quantitative estimate of drug-likeness (QED) is 0.716. The highest BCUT2D eigenvalue weighted by Crippen LogP contribution is 2.23. The summed E-state index contributed by atoms with van der Waals surface area (Å²) in [5.74, 6) is 0.747. The van der Waals surface area contributed by atoms with Gasteiger partial charge >= 0.3 is 0 Å². The van der Waals surface area contributed by atoms with E-state index in [1.165, 1.54) is 0 Å². The molecule has 2 saturated heterocycles. The summed E-state index contributed by atoms with van der Waals surface area (Å²) < 4.78 is 26.8. The van der Waals surface area contributed by atoms with E-state index in [1.54, 1.807) is 28.6 Å². The molecule has 1 amide bonds. The maximum atomic E-state index is 12.7. The standard InChI is InChI=1S/C23H31N5O3S/c1-17-15-18(2)26-23(25-17)27-13-9-20(10-14-27)22(29)24-16-19-5-7-21(8-6-19)32(30,31)28-11-3-4-12-28/h5-8,15,20H,3-4,9-14,16H2,1-2H3,(H,24,29). The number of aromatic nitrogens is 2. The third kappa shape index (κ3) is 5.10. The minimum Gasteiger partial charge on any atom is -0.352 e. The molecule has 0 atom stereocenters. The molecule has 1 N–H and O–H groups in total. The lowest BCUT2D eigenvalue weighted by molar-refractivity contribution is -0.125. The molecule has 9 heteroatoms.